The third-order valence-electron chi connectivity index (χ3n) is 3.59. The van der Waals surface area contributed by atoms with E-state index >= 15 is 0 Å². The van der Waals surface area contributed by atoms with E-state index in [1.165, 1.54) is 15.6 Å². The van der Waals surface area contributed by atoms with Crippen LogP contribution in [0, 0.1) is 6.92 Å². The molecule has 24 heavy (non-hydrogen) atoms. The van der Waals surface area contributed by atoms with Gasteiger partial charge in [0.2, 0.25) is 5.43 Å². The number of rotatable bonds is 5. The first-order chi connectivity index (χ1) is 11.3. The summed E-state index contributed by atoms with van der Waals surface area (Å²) < 4.78 is 1.52. The molecule has 0 radical (unpaired) electrons. The van der Waals surface area contributed by atoms with Gasteiger partial charge in [-0.3, -0.25) is 9.59 Å². The number of carbonyl (C=O) groups is 1. The maximum absolute atomic E-state index is 12.5. The molecule has 1 unspecified atom stereocenters. The van der Waals surface area contributed by atoms with Crippen molar-refractivity contribution in [2.45, 2.75) is 26.4 Å². The minimum Gasteiger partial charge on any atom is -0.393 e. The molecule has 0 aliphatic rings. The van der Waals surface area contributed by atoms with Crippen LogP contribution in [0.25, 0.3) is 5.69 Å². The Balaban J connectivity index is 2.39. The summed E-state index contributed by atoms with van der Waals surface area (Å²) in [6, 6.07) is 8.38. The second-order valence-corrected chi connectivity index (χ2v) is 6.19. The van der Waals surface area contributed by atoms with E-state index < -0.39 is 17.4 Å². The van der Waals surface area contributed by atoms with Crippen molar-refractivity contribution in [1.82, 2.24) is 14.7 Å². The van der Waals surface area contributed by atoms with Gasteiger partial charge in [-0.05, 0) is 38.5 Å². The van der Waals surface area contributed by atoms with Crippen LogP contribution in [0.15, 0.2) is 35.1 Å². The molecule has 2 aromatic rings. The first-order valence-corrected chi connectivity index (χ1v) is 7.98. The van der Waals surface area contributed by atoms with Gasteiger partial charge in [0.1, 0.15) is 0 Å². The van der Waals surface area contributed by atoms with Crippen molar-refractivity contribution in [3.05, 3.63) is 57.0 Å². The highest BCUT2D eigenvalue weighted by molar-refractivity contribution is 6.30. The largest absolute Gasteiger partial charge is 0.393 e. The molecule has 0 saturated heterocycles. The van der Waals surface area contributed by atoms with E-state index in [4.69, 9.17) is 11.6 Å². The highest BCUT2D eigenvalue weighted by atomic mass is 35.5. The topological polar surface area (TPSA) is 75.4 Å². The molecule has 1 aromatic carbocycles. The number of benzene rings is 1. The zero-order valence-electron chi connectivity index (χ0n) is 13.9. The Morgan fingerprint density at radius 1 is 1.42 bits per heavy atom. The fourth-order valence-electron chi connectivity index (χ4n) is 2.23. The van der Waals surface area contributed by atoms with Crippen molar-refractivity contribution in [2.24, 2.45) is 0 Å². The number of nitrogens with zero attached hydrogens (tertiary/aromatic N) is 3. The Morgan fingerprint density at radius 3 is 2.75 bits per heavy atom. The summed E-state index contributed by atoms with van der Waals surface area (Å²) in [7, 11) is 1.58. The fourth-order valence-corrected chi connectivity index (χ4v) is 2.41. The third-order valence-corrected chi connectivity index (χ3v) is 3.83. The lowest BCUT2D eigenvalue weighted by Crippen LogP contribution is -2.35. The van der Waals surface area contributed by atoms with E-state index in [1.807, 2.05) is 0 Å². The van der Waals surface area contributed by atoms with Crippen LogP contribution >= 0.6 is 11.6 Å². The minimum atomic E-state index is -0.519. The number of halogens is 1. The summed E-state index contributed by atoms with van der Waals surface area (Å²) >= 11 is 6.00. The molecule has 0 fully saturated rings. The first kappa shape index (κ1) is 18.2. The molecule has 6 nitrogen and oxygen atoms in total. The Labute approximate surface area is 145 Å². The molecule has 0 aliphatic heterocycles. The summed E-state index contributed by atoms with van der Waals surface area (Å²) in [6.45, 7) is 3.72. The van der Waals surface area contributed by atoms with Crippen molar-refractivity contribution >= 4 is 17.5 Å². The summed E-state index contributed by atoms with van der Waals surface area (Å²) in [4.78, 5) is 26.0. The second-order valence-electron chi connectivity index (χ2n) is 5.75. The molecule has 0 aliphatic carbocycles. The summed E-state index contributed by atoms with van der Waals surface area (Å²) in [5, 5.41) is 14.1. The van der Waals surface area contributed by atoms with Crippen LogP contribution in [0.3, 0.4) is 0 Å². The molecular formula is C17H20ClN3O3. The molecule has 128 valence electrons. The fraction of sp³-hybridized carbons (Fsp3) is 0.353. The van der Waals surface area contributed by atoms with E-state index in [9.17, 15) is 14.7 Å². The number of aliphatic hydroxyl groups excluding tert-OH is 1. The minimum absolute atomic E-state index is 0.159. The van der Waals surface area contributed by atoms with Crippen molar-refractivity contribution in [1.29, 1.82) is 0 Å². The van der Waals surface area contributed by atoms with E-state index in [0.717, 1.165) is 0 Å². The van der Waals surface area contributed by atoms with Crippen LogP contribution in [0.4, 0.5) is 0 Å². The number of hydrogen-bond donors (Lipinski definition) is 1. The lowest BCUT2D eigenvalue weighted by Gasteiger charge is -2.18. The molecule has 1 atom stereocenters. The van der Waals surface area contributed by atoms with E-state index in [-0.39, 0.29) is 5.69 Å². The van der Waals surface area contributed by atoms with Crippen LogP contribution < -0.4 is 5.43 Å². The SMILES string of the molecule is Cc1cc(=O)c(C(=O)N(C)CCC(C)O)nn1-c1cccc(Cl)c1. The monoisotopic (exact) mass is 349 g/mol. The molecule has 0 bridgehead atoms. The molecule has 7 heteroatoms. The molecule has 1 N–H and O–H groups in total. The van der Waals surface area contributed by atoms with Gasteiger partial charge in [0, 0.05) is 30.4 Å². The van der Waals surface area contributed by atoms with Gasteiger partial charge in [-0.2, -0.15) is 5.10 Å². The maximum atomic E-state index is 12.5. The van der Waals surface area contributed by atoms with E-state index in [1.54, 1.807) is 45.2 Å². The van der Waals surface area contributed by atoms with Gasteiger partial charge < -0.3 is 10.0 Å². The second kappa shape index (κ2) is 7.59. The maximum Gasteiger partial charge on any atom is 0.278 e. The number of amides is 1. The zero-order chi connectivity index (χ0) is 17.9. The smallest absolute Gasteiger partial charge is 0.278 e. The van der Waals surface area contributed by atoms with Crippen molar-refractivity contribution in [3.8, 4) is 5.69 Å². The number of hydrogen-bond acceptors (Lipinski definition) is 4. The molecule has 1 heterocycles. The van der Waals surface area contributed by atoms with E-state index in [0.29, 0.717) is 29.4 Å². The lowest BCUT2D eigenvalue weighted by atomic mass is 10.2. The third kappa shape index (κ3) is 4.21. The molecule has 1 amide bonds. The van der Waals surface area contributed by atoms with Gasteiger partial charge in [-0.25, -0.2) is 4.68 Å². The number of aromatic nitrogens is 2. The van der Waals surface area contributed by atoms with Gasteiger partial charge in [0.15, 0.2) is 5.69 Å². The summed E-state index contributed by atoms with van der Waals surface area (Å²) in [5.74, 6) is -0.476. The Morgan fingerprint density at radius 2 is 2.12 bits per heavy atom. The average Bonchev–Trinajstić information content (AvgIpc) is 2.52. The van der Waals surface area contributed by atoms with E-state index in [2.05, 4.69) is 5.10 Å². The van der Waals surface area contributed by atoms with Crippen LogP contribution in [-0.4, -0.2) is 45.4 Å². The number of aryl methyl sites for hydroxylation is 1. The number of carbonyl (C=O) groups excluding carboxylic acids is 1. The normalized spacial score (nSPS) is 12.0. The highest BCUT2D eigenvalue weighted by Gasteiger charge is 2.19. The summed E-state index contributed by atoms with van der Waals surface area (Å²) in [6.07, 6.45) is -0.0920. The Bertz CT molecular complexity index is 802. The van der Waals surface area contributed by atoms with Gasteiger partial charge in [0.05, 0.1) is 11.8 Å². The van der Waals surface area contributed by atoms with Gasteiger partial charge in [-0.1, -0.05) is 17.7 Å². The quantitative estimate of drug-likeness (QED) is 0.896. The summed E-state index contributed by atoms with van der Waals surface area (Å²) in [5.41, 5.74) is 0.680. The predicted octanol–water partition coefficient (Wildman–Crippen LogP) is 2.04. The van der Waals surface area contributed by atoms with Gasteiger partial charge >= 0.3 is 0 Å². The van der Waals surface area contributed by atoms with Crippen molar-refractivity contribution < 1.29 is 9.90 Å². The molecular weight excluding hydrogens is 330 g/mol. The highest BCUT2D eigenvalue weighted by Crippen LogP contribution is 2.15. The molecule has 0 saturated carbocycles. The van der Waals surface area contributed by atoms with Crippen molar-refractivity contribution in [2.75, 3.05) is 13.6 Å². The Hall–Kier alpha value is -2.18. The first-order valence-electron chi connectivity index (χ1n) is 7.60. The molecule has 0 spiro atoms. The lowest BCUT2D eigenvalue weighted by molar-refractivity contribution is 0.0760. The van der Waals surface area contributed by atoms with Crippen LogP contribution in [0.1, 0.15) is 29.5 Å². The van der Waals surface area contributed by atoms with Crippen molar-refractivity contribution in [3.63, 3.8) is 0 Å². The number of aliphatic hydroxyl groups is 1. The predicted molar refractivity (Wildman–Crippen MR) is 92.8 cm³/mol. The van der Waals surface area contributed by atoms with Crippen LogP contribution in [-0.2, 0) is 0 Å². The van der Waals surface area contributed by atoms with Gasteiger partial charge in [-0.15, -0.1) is 0 Å². The van der Waals surface area contributed by atoms with Crippen LogP contribution in [0.5, 0.6) is 0 Å². The standard InChI is InChI=1S/C17H20ClN3O3/c1-11-9-15(23)16(17(24)20(3)8-7-12(2)22)19-21(11)14-6-4-5-13(18)10-14/h4-6,9-10,12,22H,7-8H2,1-3H3. The average molecular weight is 350 g/mol. The molecule has 1 aromatic heterocycles. The van der Waals surface area contributed by atoms with Gasteiger partial charge in [0.25, 0.3) is 5.91 Å². The van der Waals surface area contributed by atoms with Crippen LogP contribution in [0.2, 0.25) is 5.02 Å². The molecule has 2 rings (SSSR count). The zero-order valence-corrected chi connectivity index (χ0v) is 14.6. The Kier molecular flexibility index (Phi) is 5.75.